The van der Waals surface area contributed by atoms with Gasteiger partial charge in [0, 0.05) is 0 Å². The monoisotopic (exact) mass is 992 g/mol. The first-order chi connectivity index (χ1) is 31.1. The van der Waals surface area contributed by atoms with Gasteiger partial charge in [0.2, 0.25) is 0 Å². The predicted octanol–water partition coefficient (Wildman–Crippen LogP) is 12.8. The molecular formula is C54H50Cl2N2O2P2Ru+2. The Labute approximate surface area is 390 Å². The van der Waals surface area contributed by atoms with Crippen LogP contribution in [0.4, 0.5) is 0 Å². The average molecular weight is 993 g/mol. The Morgan fingerprint density at radius 1 is 0.381 bits per heavy atom. The van der Waals surface area contributed by atoms with Crippen LogP contribution in [0, 0.1) is 0 Å². The summed E-state index contributed by atoms with van der Waals surface area (Å²) in [6.45, 7) is 1.34. The van der Waals surface area contributed by atoms with Crippen molar-refractivity contribution in [2.24, 2.45) is 0 Å². The van der Waals surface area contributed by atoms with Gasteiger partial charge in [0.05, 0.1) is 40.2 Å². The molecular weight excluding hydrogens is 943 g/mol. The van der Waals surface area contributed by atoms with Crippen molar-refractivity contribution in [1.82, 2.24) is 0 Å². The largest absolute Gasteiger partial charge is 0.672 e. The quantitative estimate of drug-likeness (QED) is 0.107. The van der Waals surface area contributed by atoms with Crippen molar-refractivity contribution in [2.45, 2.75) is 24.9 Å². The number of benzene rings is 8. The van der Waals surface area contributed by atoms with Gasteiger partial charge in [-0.25, -0.2) is 0 Å². The van der Waals surface area contributed by atoms with Gasteiger partial charge in [-0.05, 0) is 85.6 Å². The third-order valence-corrected chi connectivity index (χ3v) is 16.3. The van der Waals surface area contributed by atoms with E-state index in [1.54, 1.807) is 0 Å². The third-order valence-electron chi connectivity index (χ3n) is 10.8. The maximum Gasteiger partial charge on any atom is 0.131 e. The van der Waals surface area contributed by atoms with Gasteiger partial charge in [0.15, 0.2) is 0 Å². The molecule has 4 nitrogen and oxygen atoms in total. The summed E-state index contributed by atoms with van der Waals surface area (Å²) in [7, 11) is 6.91. The second-order valence-corrected chi connectivity index (χ2v) is 22.3. The standard InChI is InChI=1S/C40H34O2P2.C14H14N2.2ClH.Ru/c1-5-17-31(18-6-1)43(32-19-7-2-8-20-32)37-27-15-25-35-39(37)40-36(42-30-14-13-29-41-35)26-16-28-38(40)44(33-21-9-3-10-22-33)34-23-11-4-12-24-34;15-13(11-7-3-1-4-8-11)14(16)12-9-5-2-6-10-12;;;/h1-12,15-28H,13-14,29-30H2;1-10,13-16H;2*1H;/q;-2;;;+4. The minimum atomic E-state index is -1.40. The second-order valence-electron chi connectivity index (χ2n) is 14.8. The van der Waals surface area contributed by atoms with Crippen LogP contribution in [0.3, 0.4) is 0 Å². The van der Waals surface area contributed by atoms with Crippen LogP contribution in [0.15, 0.2) is 218 Å². The Morgan fingerprint density at radius 3 is 0.937 bits per heavy atom. The summed E-state index contributed by atoms with van der Waals surface area (Å²) in [6, 6.07) is 75.4. The van der Waals surface area contributed by atoms with Crippen LogP contribution >= 0.6 is 35.2 Å². The first-order valence-corrected chi connectivity index (χ1v) is 28.4. The number of nitrogens with one attached hydrogen (secondary N) is 2. The Kier molecular flexibility index (Phi) is 18.0. The molecule has 2 atom stereocenters. The number of rotatable bonds is 9. The molecule has 9 heteroatoms. The molecule has 8 aromatic rings. The molecule has 0 spiro atoms. The van der Waals surface area contributed by atoms with Crippen LogP contribution in [-0.2, 0) is 15.1 Å². The second kappa shape index (κ2) is 24.4. The summed E-state index contributed by atoms with van der Waals surface area (Å²) in [4.78, 5) is 0. The molecule has 0 aromatic heterocycles. The fourth-order valence-corrected chi connectivity index (χ4v) is 13.4. The minimum absolute atomic E-state index is 0.346. The number of fused-ring (bicyclic) bond motifs is 3. The van der Waals surface area contributed by atoms with E-state index in [4.69, 9.17) is 40.3 Å². The Morgan fingerprint density at radius 2 is 0.651 bits per heavy atom. The van der Waals surface area contributed by atoms with Crippen molar-refractivity contribution in [1.29, 1.82) is 0 Å². The molecule has 1 aliphatic rings. The van der Waals surface area contributed by atoms with Crippen molar-refractivity contribution in [2.75, 3.05) is 13.2 Å². The Hall–Kier alpha value is -4.66. The van der Waals surface area contributed by atoms with Crippen molar-refractivity contribution in [3.05, 3.63) is 241 Å². The van der Waals surface area contributed by atoms with E-state index >= 15 is 0 Å². The first-order valence-electron chi connectivity index (χ1n) is 20.9. The van der Waals surface area contributed by atoms with E-state index in [9.17, 15) is 0 Å². The maximum absolute atomic E-state index is 8.07. The molecule has 0 saturated heterocycles. The molecule has 0 bridgehead atoms. The van der Waals surface area contributed by atoms with E-state index in [1.165, 1.54) is 43.0 Å². The zero-order valence-electron chi connectivity index (χ0n) is 34.7. The molecule has 2 unspecified atom stereocenters. The minimum Gasteiger partial charge on any atom is -0.672 e. The van der Waals surface area contributed by atoms with E-state index in [2.05, 4.69) is 158 Å². The SMILES string of the molecule is [Cl][Ru+2][Cl].[NH-]C(c1ccccc1)C([NH-])c1ccccc1.c1ccc([PH+](c2ccccc2)c2cccc3c2-c2c(cccc2[PH+](c2ccccc2)c2ccccc2)OCCCCO3)cc1. The van der Waals surface area contributed by atoms with Gasteiger partial charge >= 0.3 is 34.5 Å². The summed E-state index contributed by atoms with van der Waals surface area (Å²) < 4.78 is 13.4. The van der Waals surface area contributed by atoms with Gasteiger partial charge < -0.3 is 20.9 Å². The van der Waals surface area contributed by atoms with Crippen molar-refractivity contribution in [3.8, 4) is 22.6 Å². The van der Waals surface area contributed by atoms with Crippen molar-refractivity contribution in [3.63, 3.8) is 0 Å². The number of halogens is 2. The Bertz CT molecular complexity index is 2310. The van der Waals surface area contributed by atoms with Gasteiger partial charge in [-0.3, -0.25) is 0 Å². The molecule has 0 saturated carbocycles. The third kappa shape index (κ3) is 12.1. The van der Waals surface area contributed by atoms with Gasteiger partial charge in [0.1, 0.15) is 43.3 Å². The Balaban J connectivity index is 0.000000261. The number of hydrogen-bond acceptors (Lipinski definition) is 2. The molecule has 63 heavy (non-hydrogen) atoms. The summed E-state index contributed by atoms with van der Waals surface area (Å²) in [5, 5.41) is 8.06. The summed E-state index contributed by atoms with van der Waals surface area (Å²) >= 11 is -0.346. The molecule has 1 aliphatic heterocycles. The summed E-state index contributed by atoms with van der Waals surface area (Å²) in [5.74, 6) is 1.89. The van der Waals surface area contributed by atoms with Gasteiger partial charge in [-0.15, -0.1) is 12.1 Å². The maximum atomic E-state index is 8.07. The summed E-state index contributed by atoms with van der Waals surface area (Å²) in [6.07, 6.45) is 1.91. The van der Waals surface area contributed by atoms with Crippen LogP contribution in [0.1, 0.15) is 36.1 Å². The van der Waals surface area contributed by atoms with E-state index in [0.29, 0.717) is 13.2 Å². The van der Waals surface area contributed by atoms with Gasteiger partial charge in [0.25, 0.3) is 0 Å². The van der Waals surface area contributed by atoms with Crippen molar-refractivity contribution >= 4 is 67.1 Å². The molecule has 0 fully saturated rings. The molecule has 2 N–H and O–H groups in total. The van der Waals surface area contributed by atoms with Crippen LogP contribution in [0.25, 0.3) is 22.6 Å². The van der Waals surface area contributed by atoms with Crippen molar-refractivity contribution < 1.29 is 24.6 Å². The fourth-order valence-electron chi connectivity index (χ4n) is 7.88. The molecule has 8 aromatic carbocycles. The van der Waals surface area contributed by atoms with Crippen LogP contribution in [0.2, 0.25) is 0 Å². The van der Waals surface area contributed by atoms with E-state index < -0.39 is 27.9 Å². The molecule has 0 aliphatic carbocycles. The molecule has 1 heterocycles. The average Bonchev–Trinajstić information content (AvgIpc) is 3.35. The predicted molar refractivity (Wildman–Crippen MR) is 271 cm³/mol. The topological polar surface area (TPSA) is 66.1 Å². The van der Waals surface area contributed by atoms with E-state index in [1.807, 2.05) is 60.7 Å². The van der Waals surface area contributed by atoms with Gasteiger partial charge in [-0.2, -0.15) is 0 Å². The van der Waals surface area contributed by atoms with Crippen LogP contribution in [-0.4, -0.2) is 13.2 Å². The number of ether oxygens (including phenoxy) is 2. The van der Waals surface area contributed by atoms with Crippen LogP contribution in [0.5, 0.6) is 11.5 Å². The summed E-state index contributed by atoms with van der Waals surface area (Å²) in [5.41, 5.74) is 20.3. The molecule has 0 amide bonds. The van der Waals surface area contributed by atoms with Gasteiger partial charge in [-0.1, -0.05) is 157 Å². The number of hydrogen-bond donors (Lipinski definition) is 0. The zero-order chi connectivity index (χ0) is 43.6. The zero-order valence-corrected chi connectivity index (χ0v) is 39.9. The smallest absolute Gasteiger partial charge is 0.131 e. The normalized spacial score (nSPS) is 13.0. The van der Waals surface area contributed by atoms with E-state index in [0.717, 1.165) is 35.5 Å². The fraction of sp³-hybridized carbons (Fsp3) is 0.111. The molecule has 9 rings (SSSR count). The molecule has 318 valence electrons. The van der Waals surface area contributed by atoms with Crippen LogP contribution < -0.4 is 41.3 Å². The molecule has 0 radical (unpaired) electrons. The van der Waals surface area contributed by atoms with E-state index in [-0.39, 0.29) is 15.1 Å². The first kappa shape index (κ1) is 46.3.